The highest BCUT2D eigenvalue weighted by molar-refractivity contribution is 4.98. The van der Waals surface area contributed by atoms with Gasteiger partial charge in [0.2, 0.25) is 0 Å². The highest BCUT2D eigenvalue weighted by Gasteiger charge is 2.14. The van der Waals surface area contributed by atoms with Gasteiger partial charge in [-0.05, 0) is 12.3 Å². The molecule has 1 aliphatic carbocycles. The molecule has 1 aliphatic rings. The van der Waals surface area contributed by atoms with Gasteiger partial charge in [-0.15, -0.1) is 0 Å². The van der Waals surface area contributed by atoms with Gasteiger partial charge in [0.15, 0.2) is 0 Å². The van der Waals surface area contributed by atoms with Crippen LogP contribution in [0.5, 0.6) is 0 Å². The second-order valence-corrected chi connectivity index (χ2v) is 4.96. The van der Waals surface area contributed by atoms with Crippen molar-refractivity contribution in [2.75, 3.05) is 0 Å². The lowest BCUT2D eigenvalue weighted by atomic mass is 9.85. The molecule has 0 aliphatic heterocycles. The molecule has 0 radical (unpaired) electrons. The van der Waals surface area contributed by atoms with Crippen molar-refractivity contribution in [2.24, 2.45) is 5.92 Å². The van der Waals surface area contributed by atoms with Crippen LogP contribution >= 0.6 is 0 Å². The third kappa shape index (κ3) is 3.34. The molecule has 0 aromatic carbocycles. The molecule has 1 saturated carbocycles. The van der Waals surface area contributed by atoms with E-state index in [-0.39, 0.29) is 6.10 Å². The average molecular weight is 222 g/mol. The van der Waals surface area contributed by atoms with Crippen LogP contribution in [0.25, 0.3) is 0 Å². The predicted molar refractivity (Wildman–Crippen MR) is 64.0 cm³/mol. The molecular weight excluding hydrogens is 200 g/mol. The minimum absolute atomic E-state index is 0.355. The van der Waals surface area contributed by atoms with Crippen molar-refractivity contribution in [1.82, 2.24) is 9.97 Å². The number of nitrogens with zero attached hydrogens (tertiary/aromatic N) is 1. The monoisotopic (exact) mass is 222 g/mol. The normalized spacial score (nSPS) is 19.8. The summed E-state index contributed by atoms with van der Waals surface area (Å²) in [5, 5.41) is 9.87. The highest BCUT2D eigenvalue weighted by Crippen LogP contribution is 2.29. The number of aromatic amines is 1. The van der Waals surface area contributed by atoms with Crippen LogP contribution in [-0.2, 0) is 0 Å². The van der Waals surface area contributed by atoms with Crippen molar-refractivity contribution < 1.29 is 5.11 Å². The number of imidazole rings is 1. The first-order chi connectivity index (χ1) is 7.86. The van der Waals surface area contributed by atoms with E-state index in [1.807, 2.05) is 0 Å². The molecule has 3 nitrogen and oxygen atoms in total. The van der Waals surface area contributed by atoms with Gasteiger partial charge in [-0.1, -0.05) is 44.9 Å². The third-order valence-corrected chi connectivity index (χ3v) is 3.69. The summed E-state index contributed by atoms with van der Waals surface area (Å²) in [6.07, 6.45) is 13.3. The fourth-order valence-electron chi connectivity index (χ4n) is 2.68. The van der Waals surface area contributed by atoms with Gasteiger partial charge in [-0.3, -0.25) is 0 Å². The lowest BCUT2D eigenvalue weighted by Gasteiger charge is -2.21. The number of aliphatic hydroxyl groups excluding tert-OH is 1. The Balaban J connectivity index is 1.63. The second-order valence-electron chi connectivity index (χ2n) is 4.96. The van der Waals surface area contributed by atoms with Gasteiger partial charge < -0.3 is 10.1 Å². The molecule has 0 bridgehead atoms. The zero-order chi connectivity index (χ0) is 11.2. The van der Waals surface area contributed by atoms with E-state index in [1.54, 1.807) is 12.5 Å². The second kappa shape index (κ2) is 6.04. The Morgan fingerprint density at radius 2 is 2.19 bits per heavy atom. The van der Waals surface area contributed by atoms with Gasteiger partial charge in [0, 0.05) is 0 Å². The molecular formula is C13H22N2O. The minimum atomic E-state index is -0.355. The van der Waals surface area contributed by atoms with E-state index in [1.165, 1.54) is 38.5 Å². The molecule has 0 amide bonds. The van der Waals surface area contributed by atoms with Crippen molar-refractivity contribution >= 4 is 0 Å². The quantitative estimate of drug-likeness (QED) is 0.803. The van der Waals surface area contributed by atoms with Gasteiger partial charge in [0.1, 0.15) is 0 Å². The fraction of sp³-hybridized carbons (Fsp3) is 0.769. The summed E-state index contributed by atoms with van der Waals surface area (Å²) < 4.78 is 0. The number of hydrogen-bond donors (Lipinski definition) is 2. The Kier molecular flexibility index (Phi) is 4.40. The Hall–Kier alpha value is -0.830. The van der Waals surface area contributed by atoms with Crippen molar-refractivity contribution in [3.63, 3.8) is 0 Å². The molecule has 0 saturated heterocycles. The average Bonchev–Trinajstić information content (AvgIpc) is 2.84. The van der Waals surface area contributed by atoms with E-state index in [4.69, 9.17) is 0 Å². The van der Waals surface area contributed by atoms with Crippen molar-refractivity contribution in [2.45, 2.75) is 57.5 Å². The van der Waals surface area contributed by atoms with Gasteiger partial charge in [0.25, 0.3) is 0 Å². The van der Waals surface area contributed by atoms with Crippen LogP contribution < -0.4 is 0 Å². The molecule has 2 rings (SSSR count). The minimum Gasteiger partial charge on any atom is -0.387 e. The van der Waals surface area contributed by atoms with E-state index < -0.39 is 0 Å². The molecule has 1 unspecified atom stereocenters. The van der Waals surface area contributed by atoms with E-state index in [0.29, 0.717) is 0 Å². The zero-order valence-electron chi connectivity index (χ0n) is 9.86. The van der Waals surface area contributed by atoms with Crippen molar-refractivity contribution in [3.8, 4) is 0 Å². The first-order valence-electron chi connectivity index (χ1n) is 6.52. The summed E-state index contributed by atoms with van der Waals surface area (Å²) >= 11 is 0. The molecule has 1 heterocycles. The van der Waals surface area contributed by atoms with Gasteiger partial charge in [-0.25, -0.2) is 4.98 Å². The number of H-pyrrole nitrogens is 1. The Morgan fingerprint density at radius 3 is 2.88 bits per heavy atom. The van der Waals surface area contributed by atoms with Crippen LogP contribution in [0, 0.1) is 5.92 Å². The molecule has 3 heteroatoms. The van der Waals surface area contributed by atoms with E-state index >= 15 is 0 Å². The number of nitrogens with one attached hydrogen (secondary N) is 1. The van der Waals surface area contributed by atoms with Crippen LogP contribution in [0.15, 0.2) is 12.5 Å². The summed E-state index contributed by atoms with van der Waals surface area (Å²) in [7, 11) is 0. The molecule has 2 N–H and O–H groups in total. The highest BCUT2D eigenvalue weighted by atomic mass is 16.3. The number of aliphatic hydroxyl groups is 1. The molecule has 1 aromatic rings. The number of aromatic nitrogens is 2. The summed E-state index contributed by atoms with van der Waals surface area (Å²) in [5.74, 6) is 0.919. The number of rotatable bonds is 5. The zero-order valence-corrected chi connectivity index (χ0v) is 9.86. The van der Waals surface area contributed by atoms with Crippen LogP contribution in [0.2, 0.25) is 0 Å². The predicted octanol–water partition coefficient (Wildman–Crippen LogP) is 3.19. The lowest BCUT2D eigenvalue weighted by Crippen LogP contribution is -2.07. The summed E-state index contributed by atoms with van der Waals surface area (Å²) in [4.78, 5) is 6.89. The SMILES string of the molecule is OC(CCCC1CCCCC1)c1cnc[nH]1. The summed E-state index contributed by atoms with van der Waals surface area (Å²) in [6, 6.07) is 0. The maximum absolute atomic E-state index is 9.87. The topological polar surface area (TPSA) is 48.9 Å². The smallest absolute Gasteiger partial charge is 0.0953 e. The Morgan fingerprint density at radius 1 is 1.38 bits per heavy atom. The van der Waals surface area contributed by atoms with Gasteiger partial charge in [-0.2, -0.15) is 0 Å². The van der Waals surface area contributed by atoms with E-state index in [0.717, 1.165) is 24.5 Å². The third-order valence-electron chi connectivity index (χ3n) is 3.69. The fourth-order valence-corrected chi connectivity index (χ4v) is 2.68. The van der Waals surface area contributed by atoms with Crippen LogP contribution in [-0.4, -0.2) is 15.1 Å². The summed E-state index contributed by atoms with van der Waals surface area (Å²) in [6.45, 7) is 0. The van der Waals surface area contributed by atoms with Crippen molar-refractivity contribution in [3.05, 3.63) is 18.2 Å². The molecule has 0 spiro atoms. The van der Waals surface area contributed by atoms with Crippen LogP contribution in [0.3, 0.4) is 0 Å². The van der Waals surface area contributed by atoms with Crippen molar-refractivity contribution in [1.29, 1.82) is 0 Å². The molecule has 16 heavy (non-hydrogen) atoms. The first-order valence-corrected chi connectivity index (χ1v) is 6.52. The first kappa shape index (κ1) is 11.6. The maximum atomic E-state index is 9.87. The van der Waals surface area contributed by atoms with Gasteiger partial charge >= 0.3 is 0 Å². The molecule has 1 atom stereocenters. The molecule has 90 valence electrons. The van der Waals surface area contributed by atoms with Crippen LogP contribution in [0.4, 0.5) is 0 Å². The van der Waals surface area contributed by atoms with E-state index in [2.05, 4.69) is 9.97 Å². The Labute approximate surface area is 97.3 Å². The maximum Gasteiger partial charge on any atom is 0.0953 e. The number of hydrogen-bond acceptors (Lipinski definition) is 2. The molecule has 1 aromatic heterocycles. The standard InChI is InChI=1S/C13H22N2O/c16-13(12-9-14-10-15-12)8-4-7-11-5-2-1-3-6-11/h9-11,13,16H,1-8H2,(H,14,15). The van der Waals surface area contributed by atoms with E-state index in [9.17, 15) is 5.11 Å². The van der Waals surface area contributed by atoms with Crippen LogP contribution in [0.1, 0.15) is 63.2 Å². The Bertz CT molecular complexity index is 278. The largest absolute Gasteiger partial charge is 0.387 e. The summed E-state index contributed by atoms with van der Waals surface area (Å²) in [5.41, 5.74) is 0.851. The van der Waals surface area contributed by atoms with Gasteiger partial charge in [0.05, 0.1) is 24.3 Å². The lowest BCUT2D eigenvalue weighted by molar-refractivity contribution is 0.155. The molecule has 1 fully saturated rings.